The van der Waals surface area contributed by atoms with Crippen molar-refractivity contribution < 1.29 is 9.47 Å². The Bertz CT molecular complexity index is 639. The van der Waals surface area contributed by atoms with Gasteiger partial charge in [-0.3, -0.25) is 5.10 Å². The summed E-state index contributed by atoms with van der Waals surface area (Å²) >= 11 is 0. The van der Waals surface area contributed by atoms with Crippen molar-refractivity contribution in [1.82, 2.24) is 10.2 Å². The molecular weight excluding hydrogens is 268 g/mol. The summed E-state index contributed by atoms with van der Waals surface area (Å²) in [6.07, 6.45) is 7.33. The molecule has 0 radical (unpaired) electrons. The highest BCUT2D eigenvalue weighted by Crippen LogP contribution is 2.46. The van der Waals surface area contributed by atoms with Gasteiger partial charge in [-0.05, 0) is 25.2 Å². The Morgan fingerprint density at radius 1 is 1.57 bits per heavy atom. The lowest BCUT2D eigenvalue weighted by Crippen LogP contribution is -2.26. The number of allylic oxidation sites excluding steroid dienone is 3. The van der Waals surface area contributed by atoms with Crippen LogP contribution in [0.5, 0.6) is 5.88 Å². The maximum atomic E-state index is 9.50. The van der Waals surface area contributed by atoms with E-state index in [0.29, 0.717) is 24.0 Å². The second-order valence-electron chi connectivity index (χ2n) is 5.37. The standard InChI is InChI=1S/C15H18N4O2/c1-20-8-11-13-12(9-5-3-2-4-6-9)10(7-16)14(17)21-15(13)19-18-11/h2-3,9,12H,4-6,8,17H2,1H3,(H,18,19). The van der Waals surface area contributed by atoms with Crippen molar-refractivity contribution in [2.24, 2.45) is 11.7 Å². The fourth-order valence-electron chi connectivity index (χ4n) is 3.19. The molecule has 1 aliphatic carbocycles. The molecule has 0 saturated heterocycles. The van der Waals surface area contributed by atoms with Crippen LogP contribution >= 0.6 is 0 Å². The lowest BCUT2D eigenvalue weighted by molar-refractivity contribution is 0.179. The normalized spacial score (nSPS) is 24.4. The minimum Gasteiger partial charge on any atom is -0.420 e. The van der Waals surface area contributed by atoms with Gasteiger partial charge in [0.05, 0.1) is 17.9 Å². The Labute approximate surface area is 123 Å². The van der Waals surface area contributed by atoms with Gasteiger partial charge in [0.25, 0.3) is 0 Å². The average molecular weight is 286 g/mol. The van der Waals surface area contributed by atoms with Crippen molar-refractivity contribution in [2.45, 2.75) is 31.8 Å². The second-order valence-corrected chi connectivity index (χ2v) is 5.37. The number of fused-ring (bicyclic) bond motifs is 1. The summed E-state index contributed by atoms with van der Waals surface area (Å²) < 4.78 is 10.7. The van der Waals surface area contributed by atoms with E-state index in [1.165, 1.54) is 0 Å². The zero-order valence-electron chi connectivity index (χ0n) is 11.9. The van der Waals surface area contributed by atoms with Crippen molar-refractivity contribution >= 4 is 0 Å². The zero-order valence-corrected chi connectivity index (χ0v) is 11.9. The Kier molecular flexibility index (Phi) is 3.67. The summed E-state index contributed by atoms with van der Waals surface area (Å²) in [5.74, 6) is 0.893. The predicted octanol–water partition coefficient (Wildman–Crippen LogP) is 2.08. The summed E-state index contributed by atoms with van der Waals surface area (Å²) in [4.78, 5) is 0. The van der Waals surface area contributed by atoms with E-state index in [1.807, 2.05) is 0 Å². The van der Waals surface area contributed by atoms with E-state index in [-0.39, 0.29) is 11.8 Å². The number of hydrogen-bond donors (Lipinski definition) is 2. The molecule has 2 aliphatic rings. The molecule has 110 valence electrons. The summed E-state index contributed by atoms with van der Waals surface area (Å²) in [6.45, 7) is 0.406. The third-order valence-corrected chi connectivity index (χ3v) is 4.13. The van der Waals surface area contributed by atoms with Crippen LogP contribution in [0.3, 0.4) is 0 Å². The van der Waals surface area contributed by atoms with Crippen LogP contribution in [-0.2, 0) is 11.3 Å². The fourth-order valence-corrected chi connectivity index (χ4v) is 3.19. The highest BCUT2D eigenvalue weighted by Gasteiger charge is 2.38. The van der Waals surface area contributed by atoms with Gasteiger partial charge in [0.15, 0.2) is 0 Å². The maximum Gasteiger partial charge on any atom is 0.244 e. The molecule has 0 fully saturated rings. The molecule has 2 unspecified atom stereocenters. The Morgan fingerprint density at radius 2 is 2.43 bits per heavy atom. The van der Waals surface area contributed by atoms with Crippen LogP contribution in [0.2, 0.25) is 0 Å². The van der Waals surface area contributed by atoms with Crippen LogP contribution in [0, 0.1) is 17.2 Å². The predicted molar refractivity (Wildman–Crippen MR) is 76.0 cm³/mol. The van der Waals surface area contributed by atoms with E-state index >= 15 is 0 Å². The van der Waals surface area contributed by atoms with Crippen molar-refractivity contribution in [3.8, 4) is 11.9 Å². The molecule has 0 bridgehead atoms. The molecule has 0 spiro atoms. The van der Waals surface area contributed by atoms with Gasteiger partial charge >= 0.3 is 0 Å². The number of rotatable bonds is 3. The molecular formula is C15H18N4O2. The molecule has 1 aliphatic heterocycles. The van der Waals surface area contributed by atoms with Gasteiger partial charge in [-0.1, -0.05) is 12.2 Å². The highest BCUT2D eigenvalue weighted by atomic mass is 16.5. The average Bonchev–Trinajstić information content (AvgIpc) is 2.89. The number of aromatic nitrogens is 2. The summed E-state index contributed by atoms with van der Waals surface area (Å²) in [5.41, 5.74) is 8.19. The van der Waals surface area contributed by atoms with Gasteiger partial charge in [0, 0.05) is 18.6 Å². The summed E-state index contributed by atoms with van der Waals surface area (Å²) in [6, 6.07) is 2.22. The number of nitrogens with zero attached hydrogens (tertiary/aromatic N) is 2. The van der Waals surface area contributed by atoms with Crippen molar-refractivity contribution in [2.75, 3.05) is 7.11 Å². The lowest BCUT2D eigenvalue weighted by atomic mass is 9.74. The Balaban J connectivity index is 2.07. The van der Waals surface area contributed by atoms with Crippen molar-refractivity contribution in [3.05, 3.63) is 34.9 Å². The first-order valence-electron chi connectivity index (χ1n) is 7.05. The summed E-state index contributed by atoms with van der Waals surface area (Å²) in [7, 11) is 1.63. The number of H-pyrrole nitrogens is 1. The van der Waals surface area contributed by atoms with Crippen molar-refractivity contribution in [1.29, 1.82) is 5.26 Å². The number of aromatic amines is 1. The number of ether oxygens (including phenoxy) is 2. The van der Waals surface area contributed by atoms with Gasteiger partial charge in [0.1, 0.15) is 6.07 Å². The molecule has 1 aromatic rings. The fraction of sp³-hybridized carbons (Fsp3) is 0.467. The van der Waals surface area contributed by atoms with Crippen LogP contribution in [0.1, 0.15) is 36.4 Å². The first kappa shape index (κ1) is 13.7. The smallest absolute Gasteiger partial charge is 0.244 e. The number of hydrogen-bond acceptors (Lipinski definition) is 5. The zero-order chi connectivity index (χ0) is 14.8. The number of nitrogens with two attached hydrogens (primary N) is 1. The Morgan fingerprint density at radius 3 is 3.10 bits per heavy atom. The van der Waals surface area contributed by atoms with Crippen LogP contribution < -0.4 is 10.5 Å². The van der Waals surface area contributed by atoms with Gasteiger partial charge in [-0.25, -0.2) is 0 Å². The molecule has 3 rings (SSSR count). The topological polar surface area (TPSA) is 97.0 Å². The van der Waals surface area contributed by atoms with Gasteiger partial charge in [-0.15, -0.1) is 5.10 Å². The van der Waals surface area contributed by atoms with E-state index in [1.54, 1.807) is 7.11 Å². The van der Waals surface area contributed by atoms with E-state index in [4.69, 9.17) is 15.2 Å². The quantitative estimate of drug-likeness (QED) is 0.829. The van der Waals surface area contributed by atoms with Crippen molar-refractivity contribution in [3.63, 3.8) is 0 Å². The first-order valence-corrected chi connectivity index (χ1v) is 7.05. The number of nitriles is 1. The molecule has 6 heteroatoms. The monoisotopic (exact) mass is 286 g/mol. The van der Waals surface area contributed by atoms with Gasteiger partial charge in [-0.2, -0.15) is 5.26 Å². The van der Waals surface area contributed by atoms with Crippen LogP contribution in [-0.4, -0.2) is 17.3 Å². The molecule has 0 saturated carbocycles. The molecule has 3 N–H and O–H groups in total. The molecule has 2 atom stereocenters. The summed E-state index contributed by atoms with van der Waals surface area (Å²) in [5, 5.41) is 16.6. The minimum atomic E-state index is -0.0763. The molecule has 21 heavy (non-hydrogen) atoms. The number of methoxy groups -OCH3 is 1. The minimum absolute atomic E-state index is 0.0763. The largest absolute Gasteiger partial charge is 0.420 e. The Hall–Kier alpha value is -2.26. The molecule has 2 heterocycles. The first-order chi connectivity index (χ1) is 10.3. The SMILES string of the molecule is COCc1[nH]nc2c1C(C1CC=CCC1)C(C#N)=C(N)O2. The van der Waals surface area contributed by atoms with E-state index in [0.717, 1.165) is 30.5 Å². The van der Waals surface area contributed by atoms with Crippen LogP contribution in [0.15, 0.2) is 23.6 Å². The van der Waals surface area contributed by atoms with Gasteiger partial charge < -0.3 is 15.2 Å². The lowest BCUT2D eigenvalue weighted by Gasteiger charge is -2.31. The van der Waals surface area contributed by atoms with E-state index in [2.05, 4.69) is 28.4 Å². The van der Waals surface area contributed by atoms with Crippen LogP contribution in [0.4, 0.5) is 0 Å². The van der Waals surface area contributed by atoms with E-state index in [9.17, 15) is 5.26 Å². The van der Waals surface area contributed by atoms with E-state index < -0.39 is 0 Å². The third-order valence-electron chi connectivity index (χ3n) is 4.13. The maximum absolute atomic E-state index is 9.50. The molecule has 6 nitrogen and oxygen atoms in total. The molecule has 0 amide bonds. The van der Waals surface area contributed by atoms with Crippen LogP contribution in [0.25, 0.3) is 0 Å². The number of nitrogens with one attached hydrogen (secondary N) is 1. The third kappa shape index (κ3) is 2.30. The molecule has 0 aromatic carbocycles. The van der Waals surface area contributed by atoms with Gasteiger partial charge in [0.2, 0.25) is 11.8 Å². The highest BCUT2D eigenvalue weighted by molar-refractivity contribution is 5.49. The second kappa shape index (κ2) is 5.62. The molecule has 1 aromatic heterocycles.